The van der Waals surface area contributed by atoms with Crippen LogP contribution in [0.25, 0.3) is 0 Å². The third-order valence-electron chi connectivity index (χ3n) is 16.1. The van der Waals surface area contributed by atoms with Crippen LogP contribution in [0.2, 0.25) is 0 Å². The monoisotopic (exact) mass is 1280 g/mol. The van der Waals surface area contributed by atoms with Crippen LogP contribution in [-0.4, -0.2) is 96.7 Å². The summed E-state index contributed by atoms with van der Waals surface area (Å²) in [6.07, 6.45) is 45.0. The third kappa shape index (κ3) is 61.3. The number of carbonyl (C=O) groups excluding carboxylic acids is 4. The first-order valence-electron chi connectivity index (χ1n) is 35.5. The molecule has 87 heavy (non-hydrogen) atoms. The summed E-state index contributed by atoms with van der Waals surface area (Å²) in [6.45, 7) is 9.44. The lowest BCUT2D eigenvalue weighted by atomic mass is 9.99. The molecule has 516 valence electrons. The zero-order valence-electron chi connectivity index (χ0n) is 56.3. The third-order valence-corrected chi connectivity index (χ3v) is 18.0. The van der Waals surface area contributed by atoms with Gasteiger partial charge in [0.05, 0.1) is 26.4 Å². The van der Waals surface area contributed by atoms with Crippen LogP contribution in [0, 0.1) is 11.8 Å². The van der Waals surface area contributed by atoms with E-state index in [9.17, 15) is 43.2 Å². The van der Waals surface area contributed by atoms with E-state index < -0.39 is 97.5 Å². The van der Waals surface area contributed by atoms with Gasteiger partial charge in [0, 0.05) is 25.7 Å². The Morgan fingerprint density at radius 3 is 0.874 bits per heavy atom. The van der Waals surface area contributed by atoms with E-state index in [1.54, 1.807) is 0 Å². The summed E-state index contributed by atoms with van der Waals surface area (Å²) in [5, 5.41) is 10.5. The fourth-order valence-electron chi connectivity index (χ4n) is 10.2. The predicted molar refractivity (Wildman–Crippen MR) is 349 cm³/mol. The Bertz CT molecular complexity index is 1700. The maximum Gasteiger partial charge on any atom is 0.472 e. The van der Waals surface area contributed by atoms with E-state index in [2.05, 4.69) is 41.5 Å². The minimum atomic E-state index is -4.95. The summed E-state index contributed by atoms with van der Waals surface area (Å²) in [7, 11) is -9.88. The molecule has 0 aromatic carbocycles. The van der Waals surface area contributed by atoms with Gasteiger partial charge < -0.3 is 33.8 Å². The zero-order valence-corrected chi connectivity index (χ0v) is 58.1. The van der Waals surface area contributed by atoms with Gasteiger partial charge in [-0.1, -0.05) is 292 Å². The van der Waals surface area contributed by atoms with Gasteiger partial charge in [-0.25, -0.2) is 9.13 Å². The first kappa shape index (κ1) is 85.1. The molecular formula is C68H132O17P2. The molecule has 0 amide bonds. The predicted octanol–water partition coefficient (Wildman–Crippen LogP) is 19.2. The first-order chi connectivity index (χ1) is 41.9. The number of phosphoric acid groups is 2. The lowest BCUT2D eigenvalue weighted by molar-refractivity contribution is -0.161. The average molecular weight is 1280 g/mol. The lowest BCUT2D eigenvalue weighted by Crippen LogP contribution is -2.30. The summed E-state index contributed by atoms with van der Waals surface area (Å²) in [4.78, 5) is 72.0. The van der Waals surface area contributed by atoms with Gasteiger partial charge in [-0.3, -0.25) is 37.3 Å². The normalized spacial score (nSPS) is 14.5. The van der Waals surface area contributed by atoms with E-state index in [1.807, 2.05) is 0 Å². The highest BCUT2D eigenvalue weighted by atomic mass is 31.2. The van der Waals surface area contributed by atoms with Crippen LogP contribution in [0.15, 0.2) is 0 Å². The van der Waals surface area contributed by atoms with E-state index in [0.29, 0.717) is 31.6 Å². The van der Waals surface area contributed by atoms with Crippen molar-refractivity contribution in [2.45, 2.75) is 362 Å². The molecule has 0 saturated heterocycles. The Morgan fingerprint density at radius 1 is 0.333 bits per heavy atom. The second kappa shape index (κ2) is 60.3. The highest BCUT2D eigenvalue weighted by Gasteiger charge is 2.30. The van der Waals surface area contributed by atoms with E-state index in [4.69, 9.17) is 37.0 Å². The molecule has 0 saturated carbocycles. The highest BCUT2D eigenvalue weighted by Crippen LogP contribution is 2.45. The summed E-state index contributed by atoms with van der Waals surface area (Å²) < 4.78 is 67.9. The van der Waals surface area contributed by atoms with Crippen LogP contribution in [0.4, 0.5) is 0 Å². The molecule has 17 nitrogen and oxygen atoms in total. The van der Waals surface area contributed by atoms with Crippen molar-refractivity contribution in [3.63, 3.8) is 0 Å². The van der Waals surface area contributed by atoms with Gasteiger partial charge in [-0.15, -0.1) is 0 Å². The molecule has 0 rings (SSSR count). The van der Waals surface area contributed by atoms with Crippen molar-refractivity contribution in [3.05, 3.63) is 0 Å². The highest BCUT2D eigenvalue weighted by molar-refractivity contribution is 7.47. The molecule has 0 fully saturated rings. The number of aliphatic hydroxyl groups is 1. The molecule has 0 spiro atoms. The van der Waals surface area contributed by atoms with E-state index in [1.165, 1.54) is 148 Å². The minimum Gasteiger partial charge on any atom is -0.462 e. The molecule has 6 atom stereocenters. The zero-order chi connectivity index (χ0) is 64.3. The molecule has 0 aliphatic rings. The number of unbranched alkanes of at least 4 members (excludes halogenated alkanes) is 36. The van der Waals surface area contributed by atoms with E-state index in [-0.39, 0.29) is 25.7 Å². The summed E-state index contributed by atoms with van der Waals surface area (Å²) in [5.41, 5.74) is 0. The Balaban J connectivity index is 5.06. The topological polar surface area (TPSA) is 237 Å². The number of hydrogen-bond donors (Lipinski definition) is 3. The number of esters is 4. The summed E-state index contributed by atoms with van der Waals surface area (Å²) >= 11 is 0. The molecule has 3 unspecified atom stereocenters. The van der Waals surface area contributed by atoms with Gasteiger partial charge in [0.15, 0.2) is 12.2 Å². The van der Waals surface area contributed by atoms with Crippen molar-refractivity contribution in [1.82, 2.24) is 0 Å². The molecule has 0 aromatic heterocycles. The van der Waals surface area contributed by atoms with Crippen LogP contribution in [0.3, 0.4) is 0 Å². The van der Waals surface area contributed by atoms with Crippen molar-refractivity contribution in [1.29, 1.82) is 0 Å². The largest absolute Gasteiger partial charge is 0.472 e. The second-order valence-electron chi connectivity index (χ2n) is 25.3. The maximum absolute atomic E-state index is 13.0. The Labute approximate surface area is 530 Å². The van der Waals surface area contributed by atoms with Gasteiger partial charge in [0.2, 0.25) is 0 Å². The summed E-state index contributed by atoms with van der Waals surface area (Å²) in [6, 6.07) is 0. The molecule has 0 aromatic rings. The molecule has 19 heteroatoms. The number of phosphoric ester groups is 2. The van der Waals surface area contributed by atoms with Gasteiger partial charge in [-0.05, 0) is 37.5 Å². The van der Waals surface area contributed by atoms with Crippen LogP contribution < -0.4 is 0 Å². The fourth-order valence-corrected chi connectivity index (χ4v) is 11.8. The van der Waals surface area contributed by atoms with Crippen LogP contribution in [0.1, 0.15) is 343 Å². The van der Waals surface area contributed by atoms with E-state index in [0.717, 1.165) is 109 Å². The number of carbonyl (C=O) groups is 4. The van der Waals surface area contributed by atoms with Crippen molar-refractivity contribution in [3.8, 4) is 0 Å². The van der Waals surface area contributed by atoms with Crippen molar-refractivity contribution < 1.29 is 80.2 Å². The maximum atomic E-state index is 13.0. The second-order valence-corrected chi connectivity index (χ2v) is 28.2. The van der Waals surface area contributed by atoms with Crippen molar-refractivity contribution in [2.24, 2.45) is 11.8 Å². The molecule has 3 N–H and O–H groups in total. The Kier molecular flexibility index (Phi) is 59.0. The lowest BCUT2D eigenvalue weighted by Gasteiger charge is -2.21. The Morgan fingerprint density at radius 2 is 0.586 bits per heavy atom. The van der Waals surface area contributed by atoms with E-state index >= 15 is 0 Å². The number of aliphatic hydroxyl groups excluding tert-OH is 1. The van der Waals surface area contributed by atoms with Gasteiger partial charge >= 0.3 is 39.5 Å². The van der Waals surface area contributed by atoms with Crippen molar-refractivity contribution >= 4 is 39.5 Å². The molecule has 0 heterocycles. The number of hydrogen-bond acceptors (Lipinski definition) is 15. The quantitative estimate of drug-likeness (QED) is 0.0222. The smallest absolute Gasteiger partial charge is 0.462 e. The minimum absolute atomic E-state index is 0.105. The average Bonchev–Trinajstić information content (AvgIpc) is 3.70. The summed E-state index contributed by atoms with van der Waals surface area (Å²) in [5.74, 6) is -0.565. The Hall–Kier alpha value is -1.94. The molecule has 0 aliphatic heterocycles. The SMILES string of the molecule is CCCCCCCCCCCCC(=O)O[C@H](COC(=O)CCCCCCC)COP(=O)(O)OC[C@H](O)COP(=O)(O)OC[C@@H](COC(=O)CCCCCCCCCC(C)C)OC(=O)CCCCCCCCCCCCCCCCCCCCC(C)CC. The van der Waals surface area contributed by atoms with Gasteiger partial charge in [0.25, 0.3) is 0 Å². The molecule has 0 aliphatic carbocycles. The molecular weight excluding hydrogens is 1150 g/mol. The molecule has 0 radical (unpaired) electrons. The standard InChI is InChI=1S/C68H132O17P2/c1-7-10-12-14-15-16-28-33-40-46-52-67(72)84-63(56-78-65(70)50-44-36-13-11-8-2)58-82-86(74,75)80-54-62(69)55-81-87(76,77)83-59-64(57-79-66(71)51-45-39-35-30-31-37-42-48-60(4)5)85-68(73)53-47-41-34-29-26-24-22-20-18-17-19-21-23-25-27-32-38-43-49-61(6)9-3/h60-64,69H,7-59H2,1-6H3,(H,74,75)(H,76,77)/t61?,62-,63+,64+/m0/s1. The van der Waals surface area contributed by atoms with Gasteiger partial charge in [-0.2, -0.15) is 0 Å². The fraction of sp³-hybridized carbons (Fsp3) is 0.941. The molecule has 0 bridgehead atoms. The van der Waals surface area contributed by atoms with Gasteiger partial charge in [0.1, 0.15) is 19.3 Å². The van der Waals surface area contributed by atoms with Crippen LogP contribution in [0.5, 0.6) is 0 Å². The van der Waals surface area contributed by atoms with Crippen LogP contribution >= 0.6 is 15.6 Å². The number of ether oxygens (including phenoxy) is 4. The number of rotatable bonds is 67. The van der Waals surface area contributed by atoms with Crippen LogP contribution in [-0.2, 0) is 65.4 Å². The van der Waals surface area contributed by atoms with Crippen molar-refractivity contribution in [2.75, 3.05) is 39.6 Å². The first-order valence-corrected chi connectivity index (χ1v) is 38.5.